The van der Waals surface area contributed by atoms with Crippen molar-refractivity contribution in [1.29, 1.82) is 0 Å². The maximum atomic E-state index is 11.7. The maximum absolute atomic E-state index is 11.7. The fourth-order valence-electron chi connectivity index (χ4n) is 2.52. The van der Waals surface area contributed by atoms with Gasteiger partial charge in [0.15, 0.2) is 5.78 Å². The summed E-state index contributed by atoms with van der Waals surface area (Å²) in [5.74, 6) is 0.0980. The van der Waals surface area contributed by atoms with Gasteiger partial charge in [0, 0.05) is 23.6 Å². The molecular weight excluding hydrogens is 246 g/mol. The van der Waals surface area contributed by atoms with Crippen molar-refractivity contribution in [1.82, 2.24) is 4.98 Å². The van der Waals surface area contributed by atoms with Gasteiger partial charge in [-0.3, -0.25) is 9.78 Å². The Kier molecular flexibility index (Phi) is 3.30. The molecule has 0 aliphatic heterocycles. The smallest absolute Gasteiger partial charge is 0.160 e. The molecule has 2 aromatic carbocycles. The van der Waals surface area contributed by atoms with Gasteiger partial charge in [-0.2, -0.15) is 0 Å². The molecular formula is C18H15NO. The number of hydrogen-bond acceptors (Lipinski definition) is 2. The van der Waals surface area contributed by atoms with Gasteiger partial charge in [0.1, 0.15) is 0 Å². The van der Waals surface area contributed by atoms with Crippen LogP contribution in [-0.4, -0.2) is 10.8 Å². The molecule has 0 fully saturated rings. The van der Waals surface area contributed by atoms with Crippen molar-refractivity contribution in [2.75, 3.05) is 0 Å². The Bertz CT molecular complexity index is 772. The predicted octanol–water partition coefficient (Wildman–Crippen LogP) is 4.03. The first-order valence-corrected chi connectivity index (χ1v) is 6.67. The van der Waals surface area contributed by atoms with Crippen molar-refractivity contribution < 1.29 is 4.79 Å². The summed E-state index contributed by atoms with van der Waals surface area (Å²) in [6, 6.07) is 18.0. The van der Waals surface area contributed by atoms with E-state index in [1.165, 1.54) is 5.39 Å². The summed E-state index contributed by atoms with van der Waals surface area (Å²) >= 11 is 0. The molecule has 0 spiro atoms. The fraction of sp³-hybridized carbons (Fsp3) is 0.111. The minimum atomic E-state index is 0.0980. The molecule has 2 nitrogen and oxygen atoms in total. The number of fused-ring (bicyclic) bond motifs is 1. The second-order valence-electron chi connectivity index (χ2n) is 4.87. The number of carbonyl (C=O) groups is 1. The molecule has 1 aromatic heterocycles. The van der Waals surface area contributed by atoms with Crippen LogP contribution in [0, 0.1) is 0 Å². The van der Waals surface area contributed by atoms with Crippen molar-refractivity contribution >= 4 is 16.6 Å². The Balaban J connectivity index is 2.08. The third-order valence-electron chi connectivity index (χ3n) is 3.51. The zero-order valence-corrected chi connectivity index (χ0v) is 11.3. The van der Waals surface area contributed by atoms with E-state index in [1.807, 2.05) is 48.7 Å². The van der Waals surface area contributed by atoms with Crippen molar-refractivity contribution in [3.8, 4) is 0 Å². The van der Waals surface area contributed by atoms with E-state index in [2.05, 4.69) is 17.1 Å². The number of Topliss-reactive ketones (excluding diaryl/α,β-unsaturated/α-hetero) is 1. The van der Waals surface area contributed by atoms with E-state index in [0.717, 1.165) is 22.2 Å². The van der Waals surface area contributed by atoms with E-state index in [4.69, 9.17) is 0 Å². The molecule has 3 rings (SSSR count). The number of benzene rings is 2. The monoisotopic (exact) mass is 261 g/mol. The lowest BCUT2D eigenvalue weighted by Gasteiger charge is -2.08. The van der Waals surface area contributed by atoms with Crippen LogP contribution in [0.4, 0.5) is 0 Å². The highest BCUT2D eigenvalue weighted by molar-refractivity contribution is 5.95. The molecule has 0 N–H and O–H groups in total. The Hall–Kier alpha value is -2.48. The summed E-state index contributed by atoms with van der Waals surface area (Å²) in [6.07, 6.45) is 2.51. The summed E-state index contributed by atoms with van der Waals surface area (Å²) < 4.78 is 0. The zero-order valence-electron chi connectivity index (χ0n) is 11.3. The normalized spacial score (nSPS) is 10.7. The number of rotatable bonds is 3. The lowest BCUT2D eigenvalue weighted by atomic mass is 9.98. The van der Waals surface area contributed by atoms with E-state index in [-0.39, 0.29) is 5.78 Å². The first kappa shape index (κ1) is 12.5. The topological polar surface area (TPSA) is 30.0 Å². The number of carbonyl (C=O) groups excluding carboxylic acids is 1. The highest BCUT2D eigenvalue weighted by Crippen LogP contribution is 2.21. The quantitative estimate of drug-likeness (QED) is 0.666. The van der Waals surface area contributed by atoms with Crippen LogP contribution in [0.1, 0.15) is 28.5 Å². The molecule has 20 heavy (non-hydrogen) atoms. The third kappa shape index (κ3) is 2.32. The first-order chi connectivity index (χ1) is 9.75. The minimum absolute atomic E-state index is 0.0980. The van der Waals surface area contributed by atoms with Crippen LogP contribution in [-0.2, 0) is 6.42 Å². The zero-order chi connectivity index (χ0) is 13.9. The Labute approximate surface area is 118 Å². The van der Waals surface area contributed by atoms with Crippen LogP contribution in [0.5, 0.6) is 0 Å². The van der Waals surface area contributed by atoms with E-state index in [1.54, 1.807) is 6.92 Å². The SMILES string of the molecule is CC(=O)c1ccccc1Cc1nccc2ccccc12. The van der Waals surface area contributed by atoms with Gasteiger partial charge in [0.05, 0.1) is 5.69 Å². The highest BCUT2D eigenvalue weighted by atomic mass is 16.1. The lowest BCUT2D eigenvalue weighted by Crippen LogP contribution is -2.01. The lowest BCUT2D eigenvalue weighted by molar-refractivity contribution is 0.101. The van der Waals surface area contributed by atoms with Gasteiger partial charge in [-0.25, -0.2) is 0 Å². The molecule has 1 heterocycles. The van der Waals surface area contributed by atoms with E-state index >= 15 is 0 Å². The third-order valence-corrected chi connectivity index (χ3v) is 3.51. The summed E-state index contributed by atoms with van der Waals surface area (Å²) in [4.78, 5) is 16.2. The molecule has 98 valence electrons. The fourth-order valence-corrected chi connectivity index (χ4v) is 2.52. The molecule has 0 aliphatic carbocycles. The van der Waals surface area contributed by atoms with Crippen molar-refractivity contribution in [2.45, 2.75) is 13.3 Å². The van der Waals surface area contributed by atoms with Crippen molar-refractivity contribution in [3.05, 3.63) is 77.6 Å². The molecule has 0 radical (unpaired) electrons. The van der Waals surface area contributed by atoms with Crippen molar-refractivity contribution in [3.63, 3.8) is 0 Å². The molecule has 0 saturated heterocycles. The van der Waals surface area contributed by atoms with Crippen molar-refractivity contribution in [2.24, 2.45) is 0 Å². The molecule has 2 heteroatoms. The van der Waals surface area contributed by atoms with Crippen LogP contribution >= 0.6 is 0 Å². The van der Waals surface area contributed by atoms with Gasteiger partial charge in [0.2, 0.25) is 0 Å². The highest BCUT2D eigenvalue weighted by Gasteiger charge is 2.09. The molecule has 3 aromatic rings. The van der Waals surface area contributed by atoms with Gasteiger partial charge >= 0.3 is 0 Å². The standard InChI is InChI=1S/C18H15NO/c1-13(20)16-8-4-3-7-15(16)12-18-17-9-5-2-6-14(17)10-11-19-18/h2-11H,12H2,1H3. The first-order valence-electron chi connectivity index (χ1n) is 6.67. The van der Waals surface area contributed by atoms with Crippen LogP contribution in [0.2, 0.25) is 0 Å². The van der Waals surface area contributed by atoms with Gasteiger partial charge in [-0.15, -0.1) is 0 Å². The van der Waals surface area contributed by atoms with E-state index in [0.29, 0.717) is 6.42 Å². The van der Waals surface area contributed by atoms with Crippen LogP contribution in [0.3, 0.4) is 0 Å². The largest absolute Gasteiger partial charge is 0.295 e. The average molecular weight is 261 g/mol. The Morgan fingerprint density at radius 1 is 1.00 bits per heavy atom. The van der Waals surface area contributed by atoms with Crippen LogP contribution < -0.4 is 0 Å². The molecule has 0 saturated carbocycles. The number of aromatic nitrogens is 1. The minimum Gasteiger partial charge on any atom is -0.295 e. The number of hydrogen-bond donors (Lipinski definition) is 0. The Morgan fingerprint density at radius 2 is 1.75 bits per heavy atom. The number of pyridine rings is 1. The van der Waals surface area contributed by atoms with Gasteiger partial charge in [0.25, 0.3) is 0 Å². The molecule has 0 bridgehead atoms. The summed E-state index contributed by atoms with van der Waals surface area (Å²) in [7, 11) is 0. The molecule has 0 aliphatic rings. The number of ketones is 1. The average Bonchev–Trinajstić information content (AvgIpc) is 2.48. The van der Waals surface area contributed by atoms with Crippen LogP contribution in [0.25, 0.3) is 10.8 Å². The second-order valence-corrected chi connectivity index (χ2v) is 4.87. The molecule has 0 amide bonds. The van der Waals surface area contributed by atoms with E-state index in [9.17, 15) is 4.79 Å². The predicted molar refractivity (Wildman–Crippen MR) is 81.0 cm³/mol. The summed E-state index contributed by atoms with van der Waals surface area (Å²) in [5.41, 5.74) is 2.82. The van der Waals surface area contributed by atoms with Gasteiger partial charge in [-0.1, -0.05) is 48.5 Å². The number of nitrogens with zero attached hydrogens (tertiary/aromatic N) is 1. The van der Waals surface area contributed by atoms with Gasteiger partial charge < -0.3 is 0 Å². The second kappa shape index (κ2) is 5.25. The Morgan fingerprint density at radius 3 is 2.60 bits per heavy atom. The summed E-state index contributed by atoms with van der Waals surface area (Å²) in [6.45, 7) is 1.61. The van der Waals surface area contributed by atoms with Gasteiger partial charge in [-0.05, 0) is 23.9 Å². The molecule has 0 atom stereocenters. The van der Waals surface area contributed by atoms with E-state index < -0.39 is 0 Å². The molecule has 0 unspecified atom stereocenters. The summed E-state index contributed by atoms with van der Waals surface area (Å²) in [5, 5.41) is 2.33. The van der Waals surface area contributed by atoms with Crippen LogP contribution in [0.15, 0.2) is 60.8 Å². The maximum Gasteiger partial charge on any atom is 0.160 e.